The summed E-state index contributed by atoms with van der Waals surface area (Å²) in [6.07, 6.45) is 1.64. The maximum atomic E-state index is 13.6. The maximum absolute atomic E-state index is 13.6. The van der Waals surface area contributed by atoms with Crippen LogP contribution in [0.2, 0.25) is 0 Å². The topological polar surface area (TPSA) is 118 Å². The highest BCUT2D eigenvalue weighted by atomic mass is 16.2. The van der Waals surface area contributed by atoms with E-state index in [1.54, 1.807) is 12.3 Å². The van der Waals surface area contributed by atoms with Crippen molar-refractivity contribution in [3.63, 3.8) is 0 Å². The van der Waals surface area contributed by atoms with E-state index in [0.29, 0.717) is 31.3 Å². The zero-order chi connectivity index (χ0) is 26.6. The van der Waals surface area contributed by atoms with Crippen molar-refractivity contribution in [3.8, 4) is 0 Å². The van der Waals surface area contributed by atoms with Crippen LogP contribution >= 0.6 is 0 Å². The summed E-state index contributed by atoms with van der Waals surface area (Å²) in [6, 6.07) is 23.2. The minimum absolute atomic E-state index is 0.0235. The number of aryl methyl sites for hydroxylation is 1. The first-order chi connectivity index (χ1) is 18.4. The number of amides is 1. The monoisotopic (exact) mass is 509 g/mol. The Hall–Kier alpha value is -4.66. The molecule has 0 aliphatic carbocycles. The molecule has 3 heterocycles. The van der Waals surface area contributed by atoms with Crippen LogP contribution in [0.1, 0.15) is 34.3 Å². The van der Waals surface area contributed by atoms with E-state index in [1.165, 1.54) is 4.57 Å². The Balaban J connectivity index is 1.36. The van der Waals surface area contributed by atoms with Crippen LogP contribution in [-0.2, 0) is 11.3 Å². The second-order valence-corrected chi connectivity index (χ2v) is 9.49. The Kier molecular flexibility index (Phi) is 7.08. The molecule has 1 amide bonds. The zero-order valence-corrected chi connectivity index (χ0v) is 21.5. The molecule has 2 aromatic heterocycles. The largest absolute Gasteiger partial charge is 0.384 e. The molecule has 9 nitrogen and oxygen atoms in total. The third-order valence-corrected chi connectivity index (χ3v) is 6.98. The second-order valence-electron chi connectivity index (χ2n) is 9.49. The molecule has 0 radical (unpaired) electrons. The highest BCUT2D eigenvalue weighted by Crippen LogP contribution is 2.27. The van der Waals surface area contributed by atoms with Crippen LogP contribution in [0.25, 0.3) is 0 Å². The van der Waals surface area contributed by atoms with Gasteiger partial charge in [0, 0.05) is 38.3 Å². The quantitative estimate of drug-likeness (QED) is 0.334. The minimum Gasteiger partial charge on any atom is -0.384 e. The molecule has 5 rings (SSSR count). The number of carbonyl (C=O) groups excluding carboxylic acids is 1. The van der Waals surface area contributed by atoms with Crippen LogP contribution in [0, 0.1) is 6.92 Å². The lowest BCUT2D eigenvalue weighted by molar-refractivity contribution is -0.124. The number of nitrogens with one attached hydrogen (secondary N) is 2. The minimum atomic E-state index is -0.674. The molecule has 0 saturated carbocycles. The van der Waals surface area contributed by atoms with Crippen molar-refractivity contribution in [1.82, 2.24) is 19.9 Å². The van der Waals surface area contributed by atoms with E-state index in [0.717, 1.165) is 22.4 Å². The molecule has 0 spiro atoms. The van der Waals surface area contributed by atoms with E-state index in [-0.39, 0.29) is 23.2 Å². The molecule has 38 heavy (non-hydrogen) atoms. The van der Waals surface area contributed by atoms with Crippen molar-refractivity contribution in [2.24, 2.45) is 0 Å². The molecule has 0 saturated heterocycles. The van der Waals surface area contributed by atoms with Crippen molar-refractivity contribution >= 4 is 23.4 Å². The predicted molar refractivity (Wildman–Crippen MR) is 149 cm³/mol. The van der Waals surface area contributed by atoms with Crippen LogP contribution in [-0.4, -0.2) is 40.6 Å². The molecule has 0 bridgehead atoms. The number of nitrogens with zero attached hydrogens (tertiary/aromatic N) is 4. The summed E-state index contributed by atoms with van der Waals surface area (Å²) < 4.78 is 1.53. The molecule has 0 unspecified atom stereocenters. The van der Waals surface area contributed by atoms with Gasteiger partial charge in [0.25, 0.3) is 5.56 Å². The van der Waals surface area contributed by atoms with Gasteiger partial charge in [-0.1, -0.05) is 66.7 Å². The summed E-state index contributed by atoms with van der Waals surface area (Å²) >= 11 is 0. The summed E-state index contributed by atoms with van der Waals surface area (Å²) in [7, 11) is 1.85. The first-order valence-electron chi connectivity index (χ1n) is 12.6. The van der Waals surface area contributed by atoms with Crippen molar-refractivity contribution in [2.75, 3.05) is 36.1 Å². The first kappa shape index (κ1) is 25.0. The van der Waals surface area contributed by atoms with Gasteiger partial charge in [0.2, 0.25) is 5.91 Å². The van der Waals surface area contributed by atoms with Crippen LogP contribution in [0.3, 0.4) is 0 Å². The number of anilines is 3. The Labute approximate surface area is 221 Å². The van der Waals surface area contributed by atoms with Crippen molar-refractivity contribution < 1.29 is 4.79 Å². The van der Waals surface area contributed by atoms with E-state index in [1.807, 2.05) is 61.3 Å². The Bertz CT molecular complexity index is 1450. The molecule has 1 aliphatic heterocycles. The fourth-order valence-corrected chi connectivity index (χ4v) is 4.89. The number of fused-ring (bicyclic) bond motifs is 1. The van der Waals surface area contributed by atoms with Crippen molar-refractivity contribution in [1.29, 1.82) is 0 Å². The van der Waals surface area contributed by atoms with Gasteiger partial charge in [-0.2, -0.15) is 0 Å². The molecular weight excluding hydrogens is 478 g/mol. The number of aromatic nitrogens is 3. The van der Waals surface area contributed by atoms with Crippen molar-refractivity contribution in [2.45, 2.75) is 25.4 Å². The number of nitrogens with two attached hydrogens (primary N) is 1. The third kappa shape index (κ3) is 5.08. The Morgan fingerprint density at radius 2 is 1.71 bits per heavy atom. The number of pyridine rings is 1. The molecule has 4 aromatic rings. The van der Waals surface area contributed by atoms with Crippen LogP contribution in [0.15, 0.2) is 83.8 Å². The Morgan fingerprint density at radius 1 is 1.05 bits per heavy atom. The van der Waals surface area contributed by atoms with Crippen LogP contribution < -0.4 is 26.8 Å². The molecule has 1 atom stereocenters. The van der Waals surface area contributed by atoms with Gasteiger partial charge in [-0.25, -0.2) is 9.97 Å². The molecule has 194 valence electrons. The Morgan fingerprint density at radius 3 is 2.34 bits per heavy atom. The van der Waals surface area contributed by atoms with Gasteiger partial charge in [0.05, 0.1) is 6.20 Å². The smallest absolute Gasteiger partial charge is 0.295 e. The number of benzene rings is 2. The van der Waals surface area contributed by atoms with E-state index in [2.05, 4.69) is 44.9 Å². The number of hydrogen-bond acceptors (Lipinski definition) is 7. The summed E-state index contributed by atoms with van der Waals surface area (Å²) in [5.41, 5.74) is 9.32. The fourth-order valence-electron chi connectivity index (χ4n) is 4.89. The molecule has 2 aromatic carbocycles. The first-order valence-corrected chi connectivity index (χ1v) is 12.6. The van der Waals surface area contributed by atoms with Gasteiger partial charge >= 0.3 is 0 Å². The standard InChI is InChI=1S/C29H31N7O2/c1-19-22(13-14-25(30)34-19)15-33-28(37)24-18-35(2)26-17-32-27(29(38)36(24)26)31-16-23(20-9-5-3-6-10-20)21-11-7-4-8-12-21/h3-14,17,23-24H,15-16,18H2,1-2H3,(H2,30,34)(H,31,32)(H,33,37)/t24-/m1/s1. The third-order valence-electron chi connectivity index (χ3n) is 6.98. The molecular formula is C29H31N7O2. The molecule has 1 aliphatic rings. The lowest BCUT2D eigenvalue weighted by Crippen LogP contribution is -2.37. The normalized spacial score (nSPS) is 14.4. The van der Waals surface area contributed by atoms with E-state index in [9.17, 15) is 9.59 Å². The average molecular weight is 510 g/mol. The lowest BCUT2D eigenvalue weighted by Gasteiger charge is -2.20. The van der Waals surface area contributed by atoms with E-state index in [4.69, 9.17) is 5.73 Å². The number of carbonyl (C=O) groups is 1. The molecule has 0 fully saturated rings. The van der Waals surface area contributed by atoms with E-state index < -0.39 is 6.04 Å². The van der Waals surface area contributed by atoms with Crippen molar-refractivity contribution in [3.05, 3.63) is 112 Å². The SMILES string of the molecule is Cc1nc(N)ccc1CNC(=O)[C@H]1CN(C)c2cnc(NCC(c3ccccc3)c3ccccc3)c(=O)n21. The van der Waals surface area contributed by atoms with Gasteiger partial charge < -0.3 is 21.3 Å². The highest BCUT2D eigenvalue weighted by molar-refractivity contribution is 5.82. The predicted octanol–water partition coefficient (Wildman–Crippen LogP) is 3.08. The number of hydrogen-bond donors (Lipinski definition) is 3. The van der Waals surface area contributed by atoms with Crippen LogP contribution in [0.5, 0.6) is 0 Å². The van der Waals surface area contributed by atoms with Crippen LogP contribution in [0.4, 0.5) is 17.5 Å². The lowest BCUT2D eigenvalue weighted by atomic mass is 9.91. The zero-order valence-electron chi connectivity index (χ0n) is 21.5. The van der Waals surface area contributed by atoms with E-state index >= 15 is 0 Å². The summed E-state index contributed by atoms with van der Waals surface area (Å²) in [6.45, 7) is 3.00. The fraction of sp³-hybridized carbons (Fsp3) is 0.241. The summed E-state index contributed by atoms with van der Waals surface area (Å²) in [5.74, 6) is 1.05. The second kappa shape index (κ2) is 10.8. The van der Waals surface area contributed by atoms with Gasteiger partial charge in [0.1, 0.15) is 17.7 Å². The summed E-state index contributed by atoms with van der Waals surface area (Å²) in [5, 5.41) is 6.23. The molecule has 9 heteroatoms. The molecule has 4 N–H and O–H groups in total. The van der Waals surface area contributed by atoms with Gasteiger partial charge in [-0.05, 0) is 29.7 Å². The summed E-state index contributed by atoms with van der Waals surface area (Å²) in [4.78, 5) is 37.3. The average Bonchev–Trinajstić information content (AvgIpc) is 3.27. The van der Waals surface area contributed by atoms with Gasteiger partial charge in [0.15, 0.2) is 5.82 Å². The highest BCUT2D eigenvalue weighted by Gasteiger charge is 2.34. The van der Waals surface area contributed by atoms with Gasteiger partial charge in [-0.15, -0.1) is 0 Å². The number of likely N-dealkylation sites (N-methyl/N-ethyl adjacent to an activating group) is 1. The number of nitrogen functional groups attached to an aromatic ring is 1. The van der Waals surface area contributed by atoms with Gasteiger partial charge in [-0.3, -0.25) is 14.2 Å². The number of rotatable bonds is 8. The maximum Gasteiger partial charge on any atom is 0.295 e.